The number of benzene rings is 1. The van der Waals surface area contributed by atoms with E-state index < -0.39 is 0 Å². The number of hydrogen-bond acceptors (Lipinski definition) is 4. The Hall–Kier alpha value is -1.07. The molecule has 19 heavy (non-hydrogen) atoms. The zero-order valence-corrected chi connectivity index (χ0v) is 12.6. The molecule has 0 unspecified atom stereocenters. The number of hydrogen-bond donors (Lipinski definition) is 1. The minimum absolute atomic E-state index is 0.0907. The molecule has 0 fully saturated rings. The monoisotopic (exact) mass is 285 g/mol. The molecule has 0 saturated heterocycles. The van der Waals surface area contributed by atoms with Crippen molar-refractivity contribution in [2.45, 2.75) is 37.8 Å². The first kappa shape index (κ1) is 16.0. The molecule has 1 rings (SSSR count). The van der Waals surface area contributed by atoms with Crippen LogP contribution in [0.1, 0.15) is 26.3 Å². The van der Waals surface area contributed by atoms with Crippen molar-refractivity contribution in [1.82, 2.24) is 5.32 Å². The number of thioether (sulfide) groups is 1. The van der Waals surface area contributed by atoms with Crippen LogP contribution in [0.2, 0.25) is 0 Å². The average molecular weight is 285 g/mol. The zero-order chi connectivity index (χ0) is 14.5. The van der Waals surface area contributed by atoms with Crippen LogP contribution in [0.5, 0.6) is 0 Å². The molecule has 5 heteroatoms. The highest BCUT2D eigenvalue weighted by molar-refractivity contribution is 8.00. The minimum atomic E-state index is -0.316. The first-order valence-electron chi connectivity index (χ1n) is 6.05. The van der Waals surface area contributed by atoms with Crippen LogP contribution in [0.15, 0.2) is 23.1 Å². The predicted octanol–water partition coefficient (Wildman–Crippen LogP) is 2.98. The molecule has 106 valence electrons. The van der Waals surface area contributed by atoms with E-state index in [9.17, 15) is 9.18 Å². The second-order valence-corrected chi connectivity index (χ2v) is 6.20. The SMILES string of the molecule is COC(=O)CSc1cccc(F)c1CNC(C)(C)C. The summed E-state index contributed by atoms with van der Waals surface area (Å²) in [5.74, 6) is -0.391. The quantitative estimate of drug-likeness (QED) is 0.667. The minimum Gasteiger partial charge on any atom is -0.468 e. The normalized spacial score (nSPS) is 11.4. The predicted molar refractivity (Wildman–Crippen MR) is 75.7 cm³/mol. The summed E-state index contributed by atoms with van der Waals surface area (Å²) < 4.78 is 18.4. The molecule has 0 saturated carbocycles. The number of ether oxygens (including phenoxy) is 1. The largest absolute Gasteiger partial charge is 0.468 e. The summed E-state index contributed by atoms with van der Waals surface area (Å²) in [6.45, 7) is 6.50. The van der Waals surface area contributed by atoms with Crippen molar-refractivity contribution in [1.29, 1.82) is 0 Å². The van der Waals surface area contributed by atoms with Crippen molar-refractivity contribution in [3.8, 4) is 0 Å². The number of rotatable bonds is 5. The van der Waals surface area contributed by atoms with Crippen LogP contribution in [0.25, 0.3) is 0 Å². The maximum absolute atomic E-state index is 13.9. The molecule has 0 aliphatic rings. The van der Waals surface area contributed by atoms with Crippen molar-refractivity contribution in [2.24, 2.45) is 0 Å². The van der Waals surface area contributed by atoms with Gasteiger partial charge in [0.2, 0.25) is 0 Å². The van der Waals surface area contributed by atoms with Gasteiger partial charge in [0.15, 0.2) is 0 Å². The Balaban J connectivity index is 2.80. The van der Waals surface area contributed by atoms with Gasteiger partial charge in [-0.15, -0.1) is 11.8 Å². The number of carbonyl (C=O) groups is 1. The van der Waals surface area contributed by atoms with E-state index in [1.807, 2.05) is 26.8 Å². The molecular formula is C14H20FNO2S. The summed E-state index contributed by atoms with van der Waals surface area (Å²) >= 11 is 1.29. The fourth-order valence-electron chi connectivity index (χ4n) is 1.39. The van der Waals surface area contributed by atoms with E-state index in [1.165, 1.54) is 24.9 Å². The highest BCUT2D eigenvalue weighted by Crippen LogP contribution is 2.25. The van der Waals surface area contributed by atoms with Gasteiger partial charge in [0.05, 0.1) is 12.9 Å². The Morgan fingerprint density at radius 1 is 1.42 bits per heavy atom. The number of nitrogens with one attached hydrogen (secondary N) is 1. The summed E-state index contributed by atoms with van der Waals surface area (Å²) in [5, 5.41) is 3.25. The van der Waals surface area contributed by atoms with E-state index in [1.54, 1.807) is 6.07 Å². The van der Waals surface area contributed by atoms with Gasteiger partial charge in [0, 0.05) is 22.5 Å². The smallest absolute Gasteiger partial charge is 0.315 e. The van der Waals surface area contributed by atoms with E-state index in [-0.39, 0.29) is 23.1 Å². The molecule has 1 N–H and O–H groups in total. The summed E-state index contributed by atoms with van der Waals surface area (Å²) in [6, 6.07) is 4.90. The second-order valence-electron chi connectivity index (χ2n) is 5.18. The Labute approximate surface area is 117 Å². The molecule has 0 heterocycles. The van der Waals surface area contributed by atoms with E-state index in [0.29, 0.717) is 12.1 Å². The van der Waals surface area contributed by atoms with Gasteiger partial charge >= 0.3 is 5.97 Å². The molecular weight excluding hydrogens is 265 g/mol. The summed E-state index contributed by atoms with van der Waals surface area (Å²) in [4.78, 5) is 11.9. The lowest BCUT2D eigenvalue weighted by atomic mass is 10.1. The Morgan fingerprint density at radius 3 is 2.68 bits per heavy atom. The number of halogens is 1. The average Bonchev–Trinajstić information content (AvgIpc) is 2.33. The topological polar surface area (TPSA) is 38.3 Å². The highest BCUT2D eigenvalue weighted by atomic mass is 32.2. The zero-order valence-electron chi connectivity index (χ0n) is 11.7. The molecule has 0 bridgehead atoms. The molecule has 0 aromatic heterocycles. The maximum Gasteiger partial charge on any atom is 0.315 e. The van der Waals surface area contributed by atoms with E-state index >= 15 is 0 Å². The fourth-order valence-corrected chi connectivity index (χ4v) is 2.30. The third kappa shape index (κ3) is 5.61. The van der Waals surface area contributed by atoms with E-state index in [2.05, 4.69) is 10.1 Å². The number of esters is 1. The molecule has 3 nitrogen and oxygen atoms in total. The van der Waals surface area contributed by atoms with Gasteiger partial charge < -0.3 is 10.1 Å². The lowest BCUT2D eigenvalue weighted by Crippen LogP contribution is -2.35. The highest BCUT2D eigenvalue weighted by Gasteiger charge is 2.14. The lowest BCUT2D eigenvalue weighted by Gasteiger charge is -2.21. The van der Waals surface area contributed by atoms with Gasteiger partial charge in [-0.2, -0.15) is 0 Å². The molecule has 0 aliphatic heterocycles. The van der Waals surface area contributed by atoms with E-state index in [0.717, 1.165) is 4.90 Å². The van der Waals surface area contributed by atoms with Gasteiger partial charge in [-0.25, -0.2) is 4.39 Å². The third-order valence-corrected chi connectivity index (χ3v) is 3.52. The molecule has 0 spiro atoms. The first-order chi connectivity index (χ1) is 8.83. The number of carbonyl (C=O) groups excluding carboxylic acids is 1. The number of methoxy groups -OCH3 is 1. The van der Waals surface area contributed by atoms with Gasteiger partial charge in [-0.3, -0.25) is 4.79 Å². The molecule has 0 atom stereocenters. The van der Waals surface area contributed by atoms with Crippen LogP contribution in [-0.2, 0) is 16.1 Å². The van der Waals surface area contributed by atoms with E-state index in [4.69, 9.17) is 0 Å². The molecule has 1 aromatic carbocycles. The van der Waals surface area contributed by atoms with Crippen LogP contribution in [0.4, 0.5) is 4.39 Å². The molecule has 0 radical (unpaired) electrons. The summed E-state index contributed by atoms with van der Waals surface area (Å²) in [5.41, 5.74) is 0.498. The Kier molecular flexibility index (Phi) is 5.82. The van der Waals surface area contributed by atoms with Crippen molar-refractivity contribution in [3.05, 3.63) is 29.6 Å². The van der Waals surface area contributed by atoms with Crippen LogP contribution in [0, 0.1) is 5.82 Å². The van der Waals surface area contributed by atoms with Crippen LogP contribution < -0.4 is 5.32 Å². The van der Waals surface area contributed by atoms with Gasteiger partial charge in [0.1, 0.15) is 5.82 Å². The van der Waals surface area contributed by atoms with Gasteiger partial charge in [-0.05, 0) is 32.9 Å². The third-order valence-electron chi connectivity index (χ3n) is 2.44. The Morgan fingerprint density at radius 2 is 2.11 bits per heavy atom. The van der Waals surface area contributed by atoms with Crippen LogP contribution in [-0.4, -0.2) is 24.4 Å². The standard InChI is InChI=1S/C14H20FNO2S/c1-14(2,3)16-8-10-11(15)6-5-7-12(10)19-9-13(17)18-4/h5-7,16H,8-9H2,1-4H3. The second kappa shape index (κ2) is 6.91. The maximum atomic E-state index is 13.9. The van der Waals surface area contributed by atoms with Gasteiger partial charge in [-0.1, -0.05) is 6.07 Å². The summed E-state index contributed by atoms with van der Waals surface area (Å²) in [6.07, 6.45) is 0. The molecule has 0 aliphatic carbocycles. The molecule has 0 amide bonds. The van der Waals surface area contributed by atoms with Crippen LogP contribution in [0.3, 0.4) is 0 Å². The fraction of sp³-hybridized carbons (Fsp3) is 0.500. The van der Waals surface area contributed by atoms with Crippen LogP contribution >= 0.6 is 11.8 Å². The van der Waals surface area contributed by atoms with Crippen molar-refractivity contribution in [3.63, 3.8) is 0 Å². The Bertz CT molecular complexity index is 444. The van der Waals surface area contributed by atoms with Crippen molar-refractivity contribution < 1.29 is 13.9 Å². The van der Waals surface area contributed by atoms with Crippen molar-refractivity contribution >= 4 is 17.7 Å². The first-order valence-corrected chi connectivity index (χ1v) is 7.04. The van der Waals surface area contributed by atoms with Crippen molar-refractivity contribution in [2.75, 3.05) is 12.9 Å². The lowest BCUT2D eigenvalue weighted by molar-refractivity contribution is -0.137. The van der Waals surface area contributed by atoms with Gasteiger partial charge in [0.25, 0.3) is 0 Å². The molecule has 1 aromatic rings. The summed E-state index contributed by atoms with van der Waals surface area (Å²) in [7, 11) is 1.34.